The van der Waals surface area contributed by atoms with Gasteiger partial charge in [-0.25, -0.2) is 13.8 Å². The molecule has 0 amide bonds. The van der Waals surface area contributed by atoms with E-state index in [1.165, 1.54) is 12.8 Å². The van der Waals surface area contributed by atoms with Crippen LogP contribution in [0.2, 0.25) is 0 Å². The Morgan fingerprint density at radius 2 is 2.05 bits per heavy atom. The highest BCUT2D eigenvalue weighted by Gasteiger charge is 2.35. The number of halogens is 2. The molecular formula is C15H22F2N4. The SMILES string of the molecule is CNc1nc(N2CCC3C(CCCN3C)C2)c(F)cc1F. The number of rotatable bonds is 2. The van der Waals surface area contributed by atoms with Crippen molar-refractivity contribution in [2.75, 3.05) is 43.9 Å². The lowest BCUT2D eigenvalue weighted by molar-refractivity contribution is 0.102. The number of anilines is 2. The van der Waals surface area contributed by atoms with Crippen LogP contribution in [0.4, 0.5) is 20.4 Å². The van der Waals surface area contributed by atoms with Crippen LogP contribution in [0.15, 0.2) is 6.07 Å². The van der Waals surface area contributed by atoms with Crippen molar-refractivity contribution in [2.24, 2.45) is 5.92 Å². The number of hydrogen-bond acceptors (Lipinski definition) is 4. The molecule has 0 bridgehead atoms. The first-order chi connectivity index (χ1) is 10.1. The van der Waals surface area contributed by atoms with Crippen LogP contribution < -0.4 is 10.2 Å². The number of likely N-dealkylation sites (tertiary alicyclic amines) is 1. The monoisotopic (exact) mass is 296 g/mol. The average Bonchev–Trinajstić information content (AvgIpc) is 2.47. The summed E-state index contributed by atoms with van der Waals surface area (Å²) in [6.07, 6.45) is 3.37. The number of nitrogens with zero attached hydrogens (tertiary/aromatic N) is 3. The summed E-state index contributed by atoms with van der Waals surface area (Å²) in [4.78, 5) is 8.51. The van der Waals surface area contributed by atoms with Crippen LogP contribution in [0.1, 0.15) is 19.3 Å². The van der Waals surface area contributed by atoms with E-state index in [9.17, 15) is 8.78 Å². The number of piperidine rings is 2. The Bertz CT molecular complexity index is 523. The van der Waals surface area contributed by atoms with Gasteiger partial charge in [0.2, 0.25) is 0 Å². The zero-order valence-electron chi connectivity index (χ0n) is 12.6. The van der Waals surface area contributed by atoms with Gasteiger partial charge in [-0.3, -0.25) is 0 Å². The van der Waals surface area contributed by atoms with Crippen LogP contribution in [0.5, 0.6) is 0 Å². The lowest BCUT2D eigenvalue weighted by Crippen LogP contribution is -2.53. The van der Waals surface area contributed by atoms with Gasteiger partial charge in [0.15, 0.2) is 23.3 Å². The fraction of sp³-hybridized carbons (Fsp3) is 0.667. The molecule has 0 aromatic carbocycles. The predicted octanol–water partition coefficient (Wildman–Crippen LogP) is 2.32. The van der Waals surface area contributed by atoms with Crippen molar-refractivity contribution < 1.29 is 8.78 Å². The smallest absolute Gasteiger partial charge is 0.168 e. The largest absolute Gasteiger partial charge is 0.371 e. The third-order valence-electron chi connectivity index (χ3n) is 4.79. The number of nitrogens with one attached hydrogen (secondary N) is 1. The minimum Gasteiger partial charge on any atom is -0.371 e. The molecule has 2 unspecified atom stereocenters. The van der Waals surface area contributed by atoms with Crippen molar-refractivity contribution in [1.82, 2.24) is 9.88 Å². The van der Waals surface area contributed by atoms with Gasteiger partial charge in [-0.05, 0) is 38.8 Å². The van der Waals surface area contributed by atoms with Gasteiger partial charge < -0.3 is 15.1 Å². The Morgan fingerprint density at radius 3 is 2.81 bits per heavy atom. The lowest BCUT2D eigenvalue weighted by Gasteiger charge is -2.46. The first-order valence-corrected chi connectivity index (χ1v) is 7.59. The van der Waals surface area contributed by atoms with E-state index in [0.717, 1.165) is 32.1 Å². The molecule has 1 N–H and O–H groups in total. The molecule has 0 radical (unpaired) electrons. The minimum absolute atomic E-state index is 0.106. The molecule has 0 spiro atoms. The zero-order valence-corrected chi connectivity index (χ0v) is 12.6. The van der Waals surface area contributed by atoms with E-state index < -0.39 is 11.6 Å². The van der Waals surface area contributed by atoms with E-state index >= 15 is 0 Å². The van der Waals surface area contributed by atoms with Crippen LogP contribution in [-0.2, 0) is 0 Å². The summed E-state index contributed by atoms with van der Waals surface area (Å²) in [5.74, 6) is -0.302. The molecule has 0 saturated carbocycles. The molecule has 2 aliphatic heterocycles. The third-order valence-corrected chi connectivity index (χ3v) is 4.79. The van der Waals surface area contributed by atoms with Gasteiger partial charge in [-0.1, -0.05) is 0 Å². The molecule has 0 aliphatic carbocycles. The molecule has 2 fully saturated rings. The Morgan fingerprint density at radius 1 is 1.24 bits per heavy atom. The first-order valence-electron chi connectivity index (χ1n) is 7.59. The van der Waals surface area contributed by atoms with E-state index in [1.807, 2.05) is 4.90 Å². The quantitative estimate of drug-likeness (QED) is 0.907. The summed E-state index contributed by atoms with van der Waals surface area (Å²) in [6, 6.07) is 1.51. The van der Waals surface area contributed by atoms with Crippen molar-refractivity contribution >= 4 is 11.6 Å². The Hall–Kier alpha value is -1.43. The Labute approximate surface area is 124 Å². The average molecular weight is 296 g/mol. The van der Waals surface area contributed by atoms with E-state index in [1.54, 1.807) is 7.05 Å². The van der Waals surface area contributed by atoms with Gasteiger partial charge >= 0.3 is 0 Å². The minimum atomic E-state index is -0.647. The van der Waals surface area contributed by atoms with Gasteiger partial charge in [0.1, 0.15) is 0 Å². The fourth-order valence-electron chi connectivity index (χ4n) is 3.70. The molecule has 6 heteroatoms. The normalized spacial score (nSPS) is 26.6. The maximum Gasteiger partial charge on any atom is 0.168 e. The van der Waals surface area contributed by atoms with Crippen molar-refractivity contribution in [3.05, 3.63) is 17.7 Å². The van der Waals surface area contributed by atoms with Crippen molar-refractivity contribution in [1.29, 1.82) is 0 Å². The summed E-state index contributed by atoms with van der Waals surface area (Å²) >= 11 is 0. The maximum absolute atomic E-state index is 14.1. The van der Waals surface area contributed by atoms with Crippen LogP contribution >= 0.6 is 0 Å². The molecule has 116 valence electrons. The van der Waals surface area contributed by atoms with Gasteiger partial charge in [-0.15, -0.1) is 0 Å². The van der Waals surface area contributed by atoms with Crippen molar-refractivity contribution in [3.8, 4) is 0 Å². The number of hydrogen-bond donors (Lipinski definition) is 1. The molecule has 4 nitrogen and oxygen atoms in total. The summed E-state index contributed by atoms with van der Waals surface area (Å²) in [7, 11) is 3.76. The fourth-order valence-corrected chi connectivity index (χ4v) is 3.70. The second-order valence-corrected chi connectivity index (χ2v) is 6.06. The molecular weight excluding hydrogens is 274 g/mol. The highest BCUT2D eigenvalue weighted by Crippen LogP contribution is 2.33. The van der Waals surface area contributed by atoms with Gasteiger partial charge in [0, 0.05) is 32.2 Å². The van der Waals surface area contributed by atoms with Gasteiger partial charge in [0.05, 0.1) is 0 Å². The number of fused-ring (bicyclic) bond motifs is 1. The lowest BCUT2D eigenvalue weighted by atomic mass is 9.84. The van der Waals surface area contributed by atoms with Crippen LogP contribution in [0.3, 0.4) is 0 Å². The van der Waals surface area contributed by atoms with Gasteiger partial charge in [-0.2, -0.15) is 0 Å². The van der Waals surface area contributed by atoms with E-state index in [2.05, 4.69) is 22.2 Å². The second kappa shape index (κ2) is 5.75. The molecule has 2 aliphatic rings. The molecule has 2 atom stereocenters. The Kier molecular flexibility index (Phi) is 3.97. The van der Waals surface area contributed by atoms with Crippen LogP contribution in [0, 0.1) is 17.6 Å². The summed E-state index contributed by atoms with van der Waals surface area (Å²) in [5, 5.41) is 2.68. The zero-order chi connectivity index (χ0) is 15.0. The van der Waals surface area contributed by atoms with Crippen molar-refractivity contribution in [3.63, 3.8) is 0 Å². The molecule has 3 heterocycles. The van der Waals surface area contributed by atoms with Crippen LogP contribution in [-0.4, -0.2) is 49.7 Å². The molecule has 3 rings (SSSR count). The highest BCUT2D eigenvalue weighted by molar-refractivity contribution is 5.49. The number of pyridine rings is 1. The molecule has 1 aromatic heterocycles. The molecule has 1 aromatic rings. The van der Waals surface area contributed by atoms with Crippen LogP contribution in [0.25, 0.3) is 0 Å². The van der Waals surface area contributed by atoms with Crippen molar-refractivity contribution in [2.45, 2.75) is 25.3 Å². The molecule has 21 heavy (non-hydrogen) atoms. The summed E-state index contributed by atoms with van der Waals surface area (Å²) in [5.41, 5.74) is 0. The van der Waals surface area contributed by atoms with E-state index in [-0.39, 0.29) is 11.6 Å². The maximum atomic E-state index is 14.1. The molecule has 2 saturated heterocycles. The van der Waals surface area contributed by atoms with E-state index in [0.29, 0.717) is 12.0 Å². The summed E-state index contributed by atoms with van der Waals surface area (Å²) in [6.45, 7) is 2.71. The van der Waals surface area contributed by atoms with E-state index in [4.69, 9.17) is 0 Å². The topological polar surface area (TPSA) is 31.4 Å². The standard InChI is InChI=1S/C15H22F2N4/c1-18-14-11(16)8-12(17)15(19-14)21-7-5-13-10(9-21)4-3-6-20(13)2/h8,10,13H,3-7,9H2,1-2H3,(H,18,19). The first kappa shape index (κ1) is 14.5. The second-order valence-electron chi connectivity index (χ2n) is 6.06. The van der Waals surface area contributed by atoms with Gasteiger partial charge in [0.25, 0.3) is 0 Å². The highest BCUT2D eigenvalue weighted by atomic mass is 19.1. The predicted molar refractivity (Wildman–Crippen MR) is 79.7 cm³/mol. The third kappa shape index (κ3) is 2.69. The number of aromatic nitrogens is 1. The summed E-state index contributed by atoms with van der Waals surface area (Å²) < 4.78 is 27.6. The Balaban J connectivity index is 1.82.